The molecule has 9 nitrogen and oxygen atoms in total. The van der Waals surface area contributed by atoms with Gasteiger partial charge < -0.3 is 26.2 Å². The number of phenols is 1. The lowest BCUT2D eigenvalue weighted by molar-refractivity contribution is -0.153. The number of likely N-dealkylation sites (N-methyl/N-ethyl adjacent to an activating group) is 1. The molecule has 0 heterocycles. The van der Waals surface area contributed by atoms with Crippen molar-refractivity contribution in [3.05, 3.63) is 81.6 Å². The number of amides is 1. The highest BCUT2D eigenvalue weighted by atomic mass is 16.3. The summed E-state index contributed by atoms with van der Waals surface area (Å²) in [5.41, 5.74) is 4.61. The maximum Gasteiger partial charge on any atom is 0.255 e. The van der Waals surface area contributed by atoms with Gasteiger partial charge in [0.1, 0.15) is 22.8 Å². The van der Waals surface area contributed by atoms with E-state index in [2.05, 4.69) is 0 Å². The van der Waals surface area contributed by atoms with E-state index in [1.54, 1.807) is 20.2 Å². The molecule has 2 aromatic rings. The fourth-order valence-corrected chi connectivity index (χ4v) is 6.47. The minimum atomic E-state index is -2.63. The van der Waals surface area contributed by atoms with Crippen molar-refractivity contribution < 1.29 is 34.8 Å². The molecule has 2 aromatic carbocycles. The SMILES string of the molecule is CN(C)[C@@H]1C(=O)C(C(N)=O)=C(O)[C@@]2(O)C(=O)C3=C(O)c4c(O)ccc(CCc5ccccc5)c4C[C@H]3C[C@@H]12. The smallest absolute Gasteiger partial charge is 0.255 e. The lowest BCUT2D eigenvalue weighted by Gasteiger charge is -2.50. The van der Waals surface area contributed by atoms with E-state index in [0.717, 1.165) is 17.5 Å². The minimum Gasteiger partial charge on any atom is -0.508 e. The number of fused-ring (bicyclic) bond motifs is 3. The maximum atomic E-state index is 13.9. The van der Waals surface area contributed by atoms with Crippen LogP contribution in [-0.2, 0) is 33.6 Å². The first kappa shape index (κ1) is 25.7. The van der Waals surface area contributed by atoms with Crippen LogP contribution in [0.3, 0.4) is 0 Å². The second-order valence-corrected chi connectivity index (χ2v) is 10.5. The Bertz CT molecular complexity index is 1430. The number of aryl methyl sites for hydroxylation is 2. The van der Waals surface area contributed by atoms with Crippen molar-refractivity contribution >= 4 is 23.2 Å². The summed E-state index contributed by atoms with van der Waals surface area (Å²) in [6, 6.07) is 12.1. The molecule has 5 rings (SSSR count). The molecule has 4 atom stereocenters. The number of nitrogens with two attached hydrogens (primary N) is 1. The maximum absolute atomic E-state index is 13.9. The monoisotopic (exact) mass is 518 g/mol. The van der Waals surface area contributed by atoms with Crippen molar-refractivity contribution in [3.8, 4) is 5.75 Å². The molecule has 3 aliphatic carbocycles. The van der Waals surface area contributed by atoms with Crippen LogP contribution < -0.4 is 5.73 Å². The van der Waals surface area contributed by atoms with Gasteiger partial charge in [-0.1, -0.05) is 36.4 Å². The summed E-state index contributed by atoms with van der Waals surface area (Å²) >= 11 is 0. The summed E-state index contributed by atoms with van der Waals surface area (Å²) < 4.78 is 0. The number of phenolic OH excluding ortho intramolecular Hbond substituents is 1. The van der Waals surface area contributed by atoms with Crippen LogP contribution >= 0.6 is 0 Å². The van der Waals surface area contributed by atoms with Crippen LogP contribution in [-0.4, -0.2) is 68.5 Å². The lowest BCUT2D eigenvalue weighted by Crippen LogP contribution is -2.65. The highest BCUT2D eigenvalue weighted by Gasteiger charge is 2.64. The van der Waals surface area contributed by atoms with Crippen LogP contribution in [0.5, 0.6) is 5.75 Å². The zero-order chi connectivity index (χ0) is 27.5. The highest BCUT2D eigenvalue weighted by Crippen LogP contribution is 2.53. The van der Waals surface area contributed by atoms with Gasteiger partial charge in [-0.15, -0.1) is 0 Å². The molecular weight excluding hydrogens is 488 g/mol. The van der Waals surface area contributed by atoms with Crippen molar-refractivity contribution in [1.82, 2.24) is 4.90 Å². The largest absolute Gasteiger partial charge is 0.508 e. The third kappa shape index (κ3) is 3.65. The van der Waals surface area contributed by atoms with Crippen molar-refractivity contribution in [2.45, 2.75) is 37.3 Å². The number of primary amides is 1. The van der Waals surface area contributed by atoms with Gasteiger partial charge >= 0.3 is 0 Å². The number of nitrogens with zero attached hydrogens (tertiary/aromatic N) is 1. The van der Waals surface area contributed by atoms with E-state index in [4.69, 9.17) is 5.73 Å². The van der Waals surface area contributed by atoms with Crippen molar-refractivity contribution in [1.29, 1.82) is 0 Å². The standard InChI is InChI=1S/C29H30N2O7/c1-31(2)23-18-13-16-12-17-15(9-8-14-6-4-3-5-7-14)10-11-19(32)21(17)24(33)20(16)26(35)29(18,38)27(36)22(25(23)34)28(30)37/h3-7,10-11,16,18,23,32-33,36,38H,8-9,12-13H2,1-2H3,(H2,30,37)/t16-,18-,23-,29-/m0/s1. The molecule has 3 aliphatic rings. The third-order valence-electron chi connectivity index (χ3n) is 8.23. The van der Waals surface area contributed by atoms with Gasteiger partial charge in [-0.05, 0) is 68.5 Å². The Labute approximate surface area is 219 Å². The summed E-state index contributed by atoms with van der Waals surface area (Å²) in [4.78, 5) is 40.6. The van der Waals surface area contributed by atoms with Gasteiger partial charge in [-0.2, -0.15) is 0 Å². The van der Waals surface area contributed by atoms with E-state index in [-0.39, 0.29) is 29.7 Å². The van der Waals surface area contributed by atoms with E-state index in [0.29, 0.717) is 12.0 Å². The Morgan fingerprint density at radius 1 is 1.05 bits per heavy atom. The second-order valence-electron chi connectivity index (χ2n) is 10.5. The first-order chi connectivity index (χ1) is 18.0. The average Bonchev–Trinajstić information content (AvgIpc) is 2.86. The van der Waals surface area contributed by atoms with Gasteiger partial charge in [-0.3, -0.25) is 19.3 Å². The first-order valence-corrected chi connectivity index (χ1v) is 12.5. The molecule has 0 saturated heterocycles. The molecule has 0 aromatic heterocycles. The number of Topliss-reactive ketones (excluding diaryl/α,β-unsaturated/α-hetero) is 2. The molecule has 6 N–H and O–H groups in total. The Morgan fingerprint density at radius 3 is 2.37 bits per heavy atom. The molecule has 9 heteroatoms. The summed E-state index contributed by atoms with van der Waals surface area (Å²) in [6.45, 7) is 0. The van der Waals surface area contributed by atoms with Crippen molar-refractivity contribution in [3.63, 3.8) is 0 Å². The van der Waals surface area contributed by atoms with Crippen LogP contribution in [0.2, 0.25) is 0 Å². The molecular formula is C29H30N2O7. The van der Waals surface area contributed by atoms with Gasteiger partial charge in [0, 0.05) is 11.5 Å². The molecule has 0 unspecified atom stereocenters. The number of aliphatic hydroxyl groups is 3. The predicted molar refractivity (Wildman–Crippen MR) is 138 cm³/mol. The van der Waals surface area contributed by atoms with Gasteiger partial charge in [0.15, 0.2) is 11.4 Å². The number of aromatic hydroxyl groups is 1. The summed E-state index contributed by atoms with van der Waals surface area (Å²) in [5, 5.41) is 44.6. The van der Waals surface area contributed by atoms with Crippen LogP contribution in [0.15, 0.2) is 59.4 Å². The van der Waals surface area contributed by atoms with E-state index in [1.807, 2.05) is 30.3 Å². The summed E-state index contributed by atoms with van der Waals surface area (Å²) in [7, 11) is 3.15. The number of carbonyl (C=O) groups is 3. The molecule has 1 saturated carbocycles. The molecule has 0 radical (unpaired) electrons. The van der Waals surface area contributed by atoms with Crippen LogP contribution in [0.25, 0.3) is 5.76 Å². The number of benzene rings is 2. The van der Waals surface area contributed by atoms with Gasteiger partial charge in [0.2, 0.25) is 5.78 Å². The van der Waals surface area contributed by atoms with Crippen LogP contribution in [0.1, 0.15) is 28.7 Å². The third-order valence-corrected chi connectivity index (χ3v) is 8.23. The van der Waals surface area contributed by atoms with Gasteiger partial charge in [0.05, 0.1) is 11.6 Å². The topological polar surface area (TPSA) is 161 Å². The zero-order valence-corrected chi connectivity index (χ0v) is 21.1. The fourth-order valence-electron chi connectivity index (χ4n) is 6.47. The number of rotatable bonds is 5. The zero-order valence-electron chi connectivity index (χ0n) is 21.1. The molecule has 1 fully saturated rings. The normalized spacial score (nSPS) is 26.8. The Kier molecular flexibility index (Phi) is 6.16. The second kappa shape index (κ2) is 9.11. The summed E-state index contributed by atoms with van der Waals surface area (Å²) in [5.74, 6) is -6.48. The van der Waals surface area contributed by atoms with E-state index < -0.39 is 58.0 Å². The predicted octanol–water partition coefficient (Wildman–Crippen LogP) is 1.75. The average molecular weight is 519 g/mol. The van der Waals surface area contributed by atoms with Crippen LogP contribution in [0.4, 0.5) is 0 Å². The quantitative estimate of drug-likeness (QED) is 0.374. The number of hydrogen-bond acceptors (Lipinski definition) is 8. The van der Waals surface area contributed by atoms with Gasteiger partial charge in [-0.25, -0.2) is 0 Å². The minimum absolute atomic E-state index is 0.0690. The number of hydrogen-bond donors (Lipinski definition) is 5. The molecule has 1 amide bonds. The van der Waals surface area contributed by atoms with E-state index in [1.165, 1.54) is 11.0 Å². The van der Waals surface area contributed by atoms with E-state index >= 15 is 0 Å². The lowest BCUT2D eigenvalue weighted by atomic mass is 9.57. The molecule has 0 bridgehead atoms. The number of carbonyl (C=O) groups excluding carboxylic acids is 3. The Balaban J connectivity index is 1.63. The molecule has 0 aliphatic heterocycles. The van der Waals surface area contributed by atoms with E-state index in [9.17, 15) is 34.8 Å². The first-order valence-electron chi connectivity index (χ1n) is 12.5. The van der Waals surface area contributed by atoms with Crippen LogP contribution in [0, 0.1) is 11.8 Å². The highest BCUT2D eigenvalue weighted by molar-refractivity contribution is 6.24. The number of aliphatic hydroxyl groups excluding tert-OH is 2. The van der Waals surface area contributed by atoms with Crippen molar-refractivity contribution in [2.75, 3.05) is 14.1 Å². The molecule has 38 heavy (non-hydrogen) atoms. The Hall–Kier alpha value is -3.95. The van der Waals surface area contributed by atoms with Crippen molar-refractivity contribution in [2.24, 2.45) is 17.6 Å². The summed E-state index contributed by atoms with van der Waals surface area (Å²) in [6.07, 6.45) is 1.72. The molecule has 0 spiro atoms. The number of ketones is 2. The fraction of sp³-hybridized carbons (Fsp3) is 0.345. The Morgan fingerprint density at radius 2 is 1.74 bits per heavy atom. The molecule has 198 valence electrons. The van der Waals surface area contributed by atoms with Gasteiger partial charge in [0.25, 0.3) is 5.91 Å².